The van der Waals surface area contributed by atoms with Crippen molar-refractivity contribution in [1.82, 2.24) is 10.2 Å². The van der Waals surface area contributed by atoms with Gasteiger partial charge in [0.1, 0.15) is 5.75 Å². The SMILES string of the molecule is C[C@]1(c2ccccc2)C[C@H]1C(=O)NC[C@H](Cc1ccc(O)cc1)N1CCCC1. The number of amides is 1. The average molecular weight is 379 g/mol. The second kappa shape index (κ2) is 7.96. The number of rotatable bonds is 7. The van der Waals surface area contributed by atoms with E-state index in [1.54, 1.807) is 12.1 Å². The lowest BCUT2D eigenvalue weighted by molar-refractivity contribution is -0.122. The minimum atomic E-state index is -0.0224. The Hall–Kier alpha value is -2.33. The summed E-state index contributed by atoms with van der Waals surface area (Å²) in [6.07, 6.45) is 4.28. The lowest BCUT2D eigenvalue weighted by Gasteiger charge is -2.28. The minimum absolute atomic E-state index is 0.0224. The Morgan fingerprint density at radius 1 is 1.14 bits per heavy atom. The van der Waals surface area contributed by atoms with Crippen LogP contribution in [0.5, 0.6) is 5.75 Å². The van der Waals surface area contributed by atoms with Crippen molar-refractivity contribution < 1.29 is 9.90 Å². The van der Waals surface area contributed by atoms with Gasteiger partial charge in [0.05, 0.1) is 0 Å². The van der Waals surface area contributed by atoms with E-state index in [0.717, 1.165) is 25.9 Å². The summed E-state index contributed by atoms with van der Waals surface area (Å²) in [4.78, 5) is 15.3. The fourth-order valence-corrected chi connectivity index (χ4v) is 4.57. The van der Waals surface area contributed by atoms with Crippen molar-refractivity contribution in [2.75, 3.05) is 19.6 Å². The van der Waals surface area contributed by atoms with Crippen LogP contribution < -0.4 is 5.32 Å². The molecule has 0 spiro atoms. The molecule has 1 saturated carbocycles. The number of likely N-dealkylation sites (tertiary alicyclic amines) is 1. The number of hydrogen-bond donors (Lipinski definition) is 2. The van der Waals surface area contributed by atoms with Crippen molar-refractivity contribution in [3.8, 4) is 5.75 Å². The molecule has 2 N–H and O–H groups in total. The Kier molecular flexibility index (Phi) is 5.40. The molecule has 0 radical (unpaired) electrons. The zero-order chi connectivity index (χ0) is 19.6. The lowest BCUT2D eigenvalue weighted by atomic mass is 9.95. The minimum Gasteiger partial charge on any atom is -0.508 e. The molecule has 148 valence electrons. The predicted molar refractivity (Wildman–Crippen MR) is 111 cm³/mol. The smallest absolute Gasteiger partial charge is 0.224 e. The Labute approximate surface area is 167 Å². The van der Waals surface area contributed by atoms with E-state index >= 15 is 0 Å². The van der Waals surface area contributed by atoms with E-state index in [0.29, 0.717) is 18.3 Å². The summed E-state index contributed by atoms with van der Waals surface area (Å²) in [6, 6.07) is 18.1. The van der Waals surface area contributed by atoms with Gasteiger partial charge < -0.3 is 10.4 Å². The summed E-state index contributed by atoms with van der Waals surface area (Å²) in [7, 11) is 0. The summed E-state index contributed by atoms with van der Waals surface area (Å²) < 4.78 is 0. The van der Waals surface area contributed by atoms with Crippen LogP contribution in [0.4, 0.5) is 0 Å². The first kappa shape index (κ1) is 19.0. The fourth-order valence-electron chi connectivity index (χ4n) is 4.57. The normalized spacial score (nSPS) is 25.4. The van der Waals surface area contributed by atoms with Crippen molar-refractivity contribution in [3.05, 3.63) is 65.7 Å². The van der Waals surface area contributed by atoms with Crippen molar-refractivity contribution in [3.63, 3.8) is 0 Å². The van der Waals surface area contributed by atoms with Gasteiger partial charge in [-0.3, -0.25) is 9.69 Å². The first-order valence-electron chi connectivity index (χ1n) is 10.4. The van der Waals surface area contributed by atoms with Crippen LogP contribution in [0.1, 0.15) is 37.3 Å². The Morgan fingerprint density at radius 2 is 1.82 bits per heavy atom. The highest BCUT2D eigenvalue weighted by Crippen LogP contribution is 2.53. The van der Waals surface area contributed by atoms with E-state index in [-0.39, 0.29) is 17.2 Å². The summed E-state index contributed by atoms with van der Waals surface area (Å²) >= 11 is 0. The van der Waals surface area contributed by atoms with Gasteiger partial charge in [0, 0.05) is 23.9 Å². The standard InChI is InChI=1S/C24H30N2O2/c1-24(19-7-3-2-4-8-19)16-22(24)23(28)25-17-20(26-13-5-6-14-26)15-18-9-11-21(27)12-10-18/h2-4,7-12,20,22,27H,5-6,13-17H2,1H3,(H,25,28)/t20-,22-,24+/m0/s1. The number of phenolic OH excluding ortho intramolecular Hbond substituents is 1. The van der Waals surface area contributed by atoms with Gasteiger partial charge in [0.15, 0.2) is 0 Å². The molecular weight excluding hydrogens is 348 g/mol. The second-order valence-electron chi connectivity index (χ2n) is 8.55. The van der Waals surface area contributed by atoms with Crippen molar-refractivity contribution in [2.24, 2.45) is 5.92 Å². The fraction of sp³-hybridized carbons (Fsp3) is 0.458. The summed E-state index contributed by atoms with van der Waals surface area (Å²) in [6.45, 7) is 5.08. The maximum absolute atomic E-state index is 12.8. The van der Waals surface area contributed by atoms with Crippen LogP contribution in [-0.2, 0) is 16.6 Å². The molecule has 4 nitrogen and oxygen atoms in total. The quantitative estimate of drug-likeness (QED) is 0.775. The zero-order valence-corrected chi connectivity index (χ0v) is 16.6. The Morgan fingerprint density at radius 3 is 2.50 bits per heavy atom. The Balaban J connectivity index is 1.37. The zero-order valence-electron chi connectivity index (χ0n) is 16.6. The van der Waals surface area contributed by atoms with Crippen molar-refractivity contribution in [2.45, 2.75) is 44.1 Å². The van der Waals surface area contributed by atoms with Crippen LogP contribution in [0.3, 0.4) is 0 Å². The molecule has 2 aromatic carbocycles. The van der Waals surface area contributed by atoms with E-state index in [1.165, 1.54) is 24.0 Å². The molecule has 1 amide bonds. The molecule has 4 rings (SSSR count). The molecule has 2 aromatic rings. The van der Waals surface area contributed by atoms with Crippen LogP contribution in [0, 0.1) is 5.92 Å². The maximum Gasteiger partial charge on any atom is 0.224 e. The third kappa shape index (κ3) is 4.07. The first-order chi connectivity index (χ1) is 13.6. The largest absolute Gasteiger partial charge is 0.508 e. The van der Waals surface area contributed by atoms with Gasteiger partial charge >= 0.3 is 0 Å². The molecule has 1 aliphatic carbocycles. The van der Waals surface area contributed by atoms with Crippen LogP contribution in [-0.4, -0.2) is 41.6 Å². The molecule has 0 unspecified atom stereocenters. The van der Waals surface area contributed by atoms with Gasteiger partial charge in [-0.25, -0.2) is 0 Å². The molecule has 2 aliphatic rings. The van der Waals surface area contributed by atoms with Crippen LogP contribution >= 0.6 is 0 Å². The molecule has 3 atom stereocenters. The molecule has 28 heavy (non-hydrogen) atoms. The number of phenols is 1. The molecule has 1 saturated heterocycles. The number of hydrogen-bond acceptors (Lipinski definition) is 3. The molecular formula is C24H30N2O2. The average Bonchev–Trinajstić information content (AvgIpc) is 3.14. The van der Waals surface area contributed by atoms with Crippen LogP contribution in [0.2, 0.25) is 0 Å². The molecule has 1 aliphatic heterocycles. The van der Waals surface area contributed by atoms with E-state index in [2.05, 4.69) is 41.4 Å². The molecule has 0 bridgehead atoms. The number of carbonyl (C=O) groups excluding carboxylic acids is 1. The van der Waals surface area contributed by atoms with Crippen molar-refractivity contribution >= 4 is 5.91 Å². The predicted octanol–water partition coefficient (Wildman–Crippen LogP) is 3.49. The monoisotopic (exact) mass is 378 g/mol. The molecule has 1 heterocycles. The molecule has 4 heteroatoms. The van der Waals surface area contributed by atoms with Crippen molar-refractivity contribution in [1.29, 1.82) is 0 Å². The van der Waals surface area contributed by atoms with Gasteiger partial charge in [0.2, 0.25) is 5.91 Å². The van der Waals surface area contributed by atoms with Crippen LogP contribution in [0.25, 0.3) is 0 Å². The number of nitrogens with zero attached hydrogens (tertiary/aromatic N) is 1. The summed E-state index contributed by atoms with van der Waals surface area (Å²) in [5.74, 6) is 0.549. The summed E-state index contributed by atoms with van der Waals surface area (Å²) in [5, 5.41) is 12.8. The third-order valence-electron chi connectivity index (χ3n) is 6.56. The third-order valence-corrected chi connectivity index (χ3v) is 6.56. The van der Waals surface area contributed by atoms with Gasteiger partial charge in [0.25, 0.3) is 0 Å². The van der Waals surface area contributed by atoms with E-state index in [9.17, 15) is 9.90 Å². The Bertz CT molecular complexity index is 799. The van der Waals surface area contributed by atoms with Gasteiger partial charge in [-0.2, -0.15) is 0 Å². The molecule has 2 fully saturated rings. The highest BCUT2D eigenvalue weighted by atomic mass is 16.3. The second-order valence-corrected chi connectivity index (χ2v) is 8.55. The highest BCUT2D eigenvalue weighted by molar-refractivity contribution is 5.84. The topological polar surface area (TPSA) is 52.6 Å². The van der Waals surface area contributed by atoms with Gasteiger partial charge in [-0.15, -0.1) is 0 Å². The number of nitrogens with one attached hydrogen (secondary N) is 1. The maximum atomic E-state index is 12.8. The highest BCUT2D eigenvalue weighted by Gasteiger charge is 2.55. The van der Waals surface area contributed by atoms with E-state index < -0.39 is 0 Å². The number of carbonyl (C=O) groups is 1. The van der Waals surface area contributed by atoms with Gasteiger partial charge in [-0.1, -0.05) is 49.4 Å². The number of aromatic hydroxyl groups is 1. The summed E-state index contributed by atoms with van der Waals surface area (Å²) in [5.41, 5.74) is 2.44. The van der Waals surface area contributed by atoms with Crippen LogP contribution in [0.15, 0.2) is 54.6 Å². The molecule has 0 aromatic heterocycles. The lowest BCUT2D eigenvalue weighted by Crippen LogP contribution is -2.44. The van der Waals surface area contributed by atoms with E-state index in [4.69, 9.17) is 0 Å². The van der Waals surface area contributed by atoms with Gasteiger partial charge in [-0.05, 0) is 62.0 Å². The first-order valence-corrected chi connectivity index (χ1v) is 10.4. The number of benzene rings is 2. The van der Waals surface area contributed by atoms with E-state index in [1.807, 2.05) is 18.2 Å².